The van der Waals surface area contributed by atoms with E-state index in [1.165, 1.54) is 19.6 Å². The van der Waals surface area contributed by atoms with Gasteiger partial charge in [0.25, 0.3) is 0 Å². The fraction of sp³-hybridized carbons (Fsp3) is 0.273. The molecule has 1 unspecified atom stereocenters. The van der Waals surface area contributed by atoms with Crippen LogP contribution >= 0.6 is 0 Å². The summed E-state index contributed by atoms with van der Waals surface area (Å²) in [5, 5.41) is 18.3. The minimum atomic E-state index is -0.483. The van der Waals surface area contributed by atoms with Gasteiger partial charge in [0.05, 0.1) is 18.0 Å². The molecule has 0 aliphatic rings. The molecule has 0 saturated carbocycles. The molecule has 0 spiro atoms. The molecule has 1 atom stereocenters. The maximum absolute atomic E-state index is 10.9. The molecule has 94 valence electrons. The monoisotopic (exact) mass is 249 g/mol. The number of aromatic nitrogens is 2. The molecule has 1 aromatic carbocycles. The van der Waals surface area contributed by atoms with Crippen molar-refractivity contribution < 1.29 is 14.1 Å². The number of nitrogens with zero attached hydrogens (tertiary/aromatic N) is 3. The van der Waals surface area contributed by atoms with Gasteiger partial charge >= 0.3 is 5.69 Å². The highest BCUT2D eigenvalue weighted by molar-refractivity contribution is 5.49. The second kappa shape index (κ2) is 4.82. The summed E-state index contributed by atoms with van der Waals surface area (Å²) in [6.07, 6.45) is 1.23. The Bertz CT molecular complexity index is 553. The van der Waals surface area contributed by atoms with Crippen LogP contribution in [0.15, 0.2) is 29.0 Å². The van der Waals surface area contributed by atoms with Gasteiger partial charge in [-0.1, -0.05) is 6.07 Å². The van der Waals surface area contributed by atoms with Gasteiger partial charge < -0.3 is 9.15 Å². The number of benzene rings is 1. The summed E-state index contributed by atoms with van der Waals surface area (Å²) in [6.45, 7) is 1.83. The molecule has 0 fully saturated rings. The van der Waals surface area contributed by atoms with Crippen LogP contribution < -0.4 is 4.74 Å². The van der Waals surface area contributed by atoms with Crippen LogP contribution in [0.25, 0.3) is 0 Å². The van der Waals surface area contributed by atoms with Crippen molar-refractivity contribution in [1.29, 1.82) is 0 Å². The maximum atomic E-state index is 10.9. The quantitative estimate of drug-likeness (QED) is 0.608. The zero-order valence-electron chi connectivity index (χ0n) is 9.86. The van der Waals surface area contributed by atoms with Crippen LogP contribution in [0.1, 0.15) is 24.3 Å². The van der Waals surface area contributed by atoms with Gasteiger partial charge in [0.2, 0.25) is 12.3 Å². The predicted molar refractivity (Wildman–Crippen MR) is 61.5 cm³/mol. The van der Waals surface area contributed by atoms with Crippen molar-refractivity contribution in [2.45, 2.75) is 12.8 Å². The molecule has 1 heterocycles. The zero-order chi connectivity index (χ0) is 13.1. The van der Waals surface area contributed by atoms with Crippen LogP contribution in [-0.4, -0.2) is 22.2 Å². The first-order chi connectivity index (χ1) is 8.63. The molecule has 0 N–H and O–H groups in total. The lowest BCUT2D eigenvalue weighted by Crippen LogP contribution is -2.00. The Kier molecular flexibility index (Phi) is 3.22. The third kappa shape index (κ3) is 2.15. The van der Waals surface area contributed by atoms with Gasteiger partial charge in [0.15, 0.2) is 5.75 Å². The Hall–Kier alpha value is -2.44. The lowest BCUT2D eigenvalue weighted by Gasteiger charge is -2.08. The van der Waals surface area contributed by atoms with E-state index in [9.17, 15) is 10.1 Å². The summed E-state index contributed by atoms with van der Waals surface area (Å²) in [5.74, 6) is 0.424. The topological polar surface area (TPSA) is 91.3 Å². The molecule has 2 aromatic rings. The maximum Gasteiger partial charge on any atom is 0.311 e. The molecule has 0 saturated heterocycles. The molecule has 0 aliphatic heterocycles. The lowest BCUT2D eigenvalue weighted by atomic mass is 10.0. The van der Waals surface area contributed by atoms with E-state index in [0.717, 1.165) is 0 Å². The highest BCUT2D eigenvalue weighted by atomic mass is 16.6. The van der Waals surface area contributed by atoms with E-state index in [1.54, 1.807) is 12.1 Å². The van der Waals surface area contributed by atoms with Crippen LogP contribution in [0.2, 0.25) is 0 Å². The largest absolute Gasteiger partial charge is 0.490 e. The molecule has 0 bridgehead atoms. The summed E-state index contributed by atoms with van der Waals surface area (Å²) in [5.41, 5.74) is 0.633. The highest BCUT2D eigenvalue weighted by Crippen LogP contribution is 2.32. The molecular formula is C11H11N3O4. The molecule has 18 heavy (non-hydrogen) atoms. The number of nitro groups is 1. The first-order valence-corrected chi connectivity index (χ1v) is 5.22. The summed E-state index contributed by atoms with van der Waals surface area (Å²) < 4.78 is 10.0. The van der Waals surface area contributed by atoms with Crippen LogP contribution in [-0.2, 0) is 0 Å². The van der Waals surface area contributed by atoms with Gasteiger partial charge in [-0.15, -0.1) is 10.2 Å². The van der Waals surface area contributed by atoms with Crippen molar-refractivity contribution >= 4 is 5.69 Å². The number of ether oxygens (including phenoxy) is 1. The molecule has 0 aliphatic carbocycles. The van der Waals surface area contributed by atoms with Crippen molar-refractivity contribution in [3.8, 4) is 5.75 Å². The van der Waals surface area contributed by atoms with E-state index in [2.05, 4.69) is 10.2 Å². The number of hydrogen-bond acceptors (Lipinski definition) is 6. The molecular weight excluding hydrogens is 238 g/mol. The minimum Gasteiger partial charge on any atom is -0.490 e. The second-order valence-corrected chi connectivity index (χ2v) is 3.69. The lowest BCUT2D eigenvalue weighted by molar-refractivity contribution is -0.385. The van der Waals surface area contributed by atoms with Crippen LogP contribution in [0.5, 0.6) is 5.75 Å². The smallest absolute Gasteiger partial charge is 0.311 e. The Balaban J connectivity index is 2.41. The first-order valence-electron chi connectivity index (χ1n) is 5.22. The van der Waals surface area contributed by atoms with Gasteiger partial charge in [-0.25, -0.2) is 0 Å². The van der Waals surface area contributed by atoms with E-state index in [-0.39, 0.29) is 17.4 Å². The summed E-state index contributed by atoms with van der Waals surface area (Å²) in [7, 11) is 1.39. The standard InChI is InChI=1S/C11H11N3O4/c1-7(11-13-12-6-18-11)8-3-4-10(17-2)9(5-8)14(15)16/h3-7H,1-2H3. The molecule has 7 nitrogen and oxygen atoms in total. The van der Waals surface area contributed by atoms with Gasteiger partial charge in [0, 0.05) is 6.07 Å². The van der Waals surface area contributed by atoms with Crippen LogP contribution in [0, 0.1) is 10.1 Å². The molecule has 1 aromatic heterocycles. The van der Waals surface area contributed by atoms with E-state index in [1.807, 2.05) is 6.92 Å². The average molecular weight is 249 g/mol. The van der Waals surface area contributed by atoms with Crippen molar-refractivity contribution in [3.05, 3.63) is 46.2 Å². The van der Waals surface area contributed by atoms with Crippen molar-refractivity contribution in [1.82, 2.24) is 10.2 Å². The second-order valence-electron chi connectivity index (χ2n) is 3.69. The number of rotatable bonds is 4. The van der Waals surface area contributed by atoms with E-state index in [0.29, 0.717) is 11.5 Å². The third-order valence-corrected chi connectivity index (χ3v) is 2.65. The molecule has 7 heteroatoms. The van der Waals surface area contributed by atoms with Gasteiger partial charge in [0.1, 0.15) is 0 Å². The van der Waals surface area contributed by atoms with Gasteiger partial charge in [-0.3, -0.25) is 10.1 Å². The van der Waals surface area contributed by atoms with Gasteiger partial charge in [-0.05, 0) is 18.6 Å². The fourth-order valence-electron chi connectivity index (χ4n) is 1.63. The Morgan fingerprint density at radius 1 is 1.50 bits per heavy atom. The van der Waals surface area contributed by atoms with Crippen molar-refractivity contribution in [2.75, 3.05) is 7.11 Å². The SMILES string of the molecule is COc1ccc(C(C)c2nnco2)cc1[N+](=O)[O-]. The third-order valence-electron chi connectivity index (χ3n) is 2.65. The average Bonchev–Trinajstić information content (AvgIpc) is 2.90. The molecule has 0 amide bonds. The van der Waals surface area contributed by atoms with Crippen molar-refractivity contribution in [3.63, 3.8) is 0 Å². The normalized spacial score (nSPS) is 12.1. The molecule has 0 radical (unpaired) electrons. The summed E-state index contributed by atoms with van der Waals surface area (Å²) in [4.78, 5) is 10.4. The highest BCUT2D eigenvalue weighted by Gasteiger charge is 2.20. The number of nitro benzene ring substituents is 1. The first kappa shape index (κ1) is 12.0. The van der Waals surface area contributed by atoms with E-state index >= 15 is 0 Å². The Morgan fingerprint density at radius 2 is 2.28 bits per heavy atom. The predicted octanol–water partition coefficient (Wildman–Crippen LogP) is 2.14. The van der Waals surface area contributed by atoms with Crippen LogP contribution in [0.3, 0.4) is 0 Å². The van der Waals surface area contributed by atoms with E-state index in [4.69, 9.17) is 9.15 Å². The van der Waals surface area contributed by atoms with Gasteiger partial charge in [-0.2, -0.15) is 0 Å². The van der Waals surface area contributed by atoms with E-state index < -0.39 is 4.92 Å². The number of methoxy groups -OCH3 is 1. The molecule has 2 rings (SSSR count). The van der Waals surface area contributed by atoms with Crippen LogP contribution in [0.4, 0.5) is 5.69 Å². The van der Waals surface area contributed by atoms with Crippen molar-refractivity contribution in [2.24, 2.45) is 0 Å². The Labute approximate surface area is 103 Å². The zero-order valence-corrected chi connectivity index (χ0v) is 9.86. The fourth-order valence-corrected chi connectivity index (χ4v) is 1.63. The summed E-state index contributed by atoms with van der Waals surface area (Å²) in [6, 6.07) is 4.74. The summed E-state index contributed by atoms with van der Waals surface area (Å²) >= 11 is 0. The number of hydrogen-bond donors (Lipinski definition) is 0. The Morgan fingerprint density at radius 3 is 2.83 bits per heavy atom. The minimum absolute atomic E-state index is 0.0821.